The number of rotatable bonds is 3. The van der Waals surface area contributed by atoms with Crippen molar-refractivity contribution in [1.29, 1.82) is 0 Å². The summed E-state index contributed by atoms with van der Waals surface area (Å²) in [4.78, 5) is 2.32. The smallest absolute Gasteiger partial charge is 0.248 e. The highest BCUT2D eigenvalue weighted by molar-refractivity contribution is 5.74. The number of aromatic nitrogens is 2. The van der Waals surface area contributed by atoms with Crippen LogP contribution in [0.25, 0.3) is 22.9 Å². The zero-order valence-electron chi connectivity index (χ0n) is 16.6. The number of allylic oxidation sites excluding steroid dienone is 2. The molecule has 2 unspecified atom stereocenters. The van der Waals surface area contributed by atoms with Gasteiger partial charge in [-0.15, -0.1) is 10.2 Å². The van der Waals surface area contributed by atoms with Gasteiger partial charge in [0, 0.05) is 16.8 Å². The van der Waals surface area contributed by atoms with Crippen LogP contribution in [0.5, 0.6) is 5.75 Å². The molecule has 0 N–H and O–H groups in total. The molecule has 0 saturated carbocycles. The fourth-order valence-corrected chi connectivity index (χ4v) is 4.09. The third kappa shape index (κ3) is 3.11. The van der Waals surface area contributed by atoms with Gasteiger partial charge in [-0.2, -0.15) is 0 Å². The monoisotopic (exact) mass is 405 g/mol. The Morgan fingerprint density at radius 3 is 2.16 bits per heavy atom. The summed E-state index contributed by atoms with van der Waals surface area (Å²) in [5.41, 5.74) is 3.93. The third-order valence-electron chi connectivity index (χ3n) is 5.58. The second-order valence-electron chi connectivity index (χ2n) is 7.51. The van der Waals surface area contributed by atoms with E-state index in [0.29, 0.717) is 11.8 Å². The summed E-state index contributed by atoms with van der Waals surface area (Å²) in [5.74, 6) is 1.91. The van der Waals surface area contributed by atoms with Crippen molar-refractivity contribution in [2.45, 2.75) is 12.1 Å². The van der Waals surface area contributed by atoms with E-state index in [1.54, 1.807) is 0 Å². The molecule has 31 heavy (non-hydrogen) atoms. The van der Waals surface area contributed by atoms with Crippen LogP contribution in [0.2, 0.25) is 0 Å². The third-order valence-corrected chi connectivity index (χ3v) is 5.58. The number of nitrogens with zero attached hydrogens (tertiary/aromatic N) is 3. The van der Waals surface area contributed by atoms with Crippen LogP contribution in [0.15, 0.2) is 108 Å². The largest absolute Gasteiger partial charge is 0.482 e. The predicted molar refractivity (Wildman–Crippen MR) is 120 cm³/mol. The summed E-state index contributed by atoms with van der Waals surface area (Å²) in [5, 5.41) is 8.43. The van der Waals surface area contributed by atoms with Crippen molar-refractivity contribution in [2.75, 3.05) is 4.90 Å². The van der Waals surface area contributed by atoms with Crippen molar-refractivity contribution in [2.24, 2.45) is 0 Å². The average Bonchev–Trinajstić information content (AvgIpc) is 3.34. The molecule has 0 saturated heterocycles. The molecule has 0 bridgehead atoms. The van der Waals surface area contributed by atoms with Gasteiger partial charge in [-0.3, -0.25) is 0 Å². The second kappa shape index (κ2) is 7.29. The van der Waals surface area contributed by atoms with Crippen LogP contribution >= 0.6 is 0 Å². The average molecular weight is 405 g/mol. The number of ether oxygens (including phenoxy) is 1. The first-order valence-corrected chi connectivity index (χ1v) is 10.3. The van der Waals surface area contributed by atoms with Crippen molar-refractivity contribution < 1.29 is 9.15 Å². The quantitative estimate of drug-likeness (QED) is 0.431. The SMILES string of the molecule is C1=CC2Oc3ccccc3N(c3ccc(-c4nnc(-c5ccccc5)o4)cc3)C2C=C1. The minimum absolute atomic E-state index is 0.0241. The number of benzene rings is 3. The summed E-state index contributed by atoms with van der Waals surface area (Å²) in [6, 6.07) is 26.3. The Kier molecular flexibility index (Phi) is 4.17. The van der Waals surface area contributed by atoms with Crippen molar-refractivity contribution in [3.05, 3.63) is 103 Å². The standard InChI is InChI=1S/C26H19N3O2/c1-2-8-18(9-3-1)25-27-28-26(31-25)19-14-16-20(17-15-19)29-21-10-4-6-12-23(21)30-24-13-7-5-11-22(24)29/h1-17,21,23H. The lowest BCUT2D eigenvalue weighted by atomic mass is 9.99. The fraction of sp³-hybridized carbons (Fsp3) is 0.0769. The van der Waals surface area contributed by atoms with Crippen LogP contribution in [0.3, 0.4) is 0 Å². The van der Waals surface area contributed by atoms with Crippen LogP contribution in [0.1, 0.15) is 0 Å². The molecule has 1 aliphatic carbocycles. The van der Waals surface area contributed by atoms with Crippen LogP contribution in [-0.2, 0) is 0 Å². The van der Waals surface area contributed by atoms with Crippen molar-refractivity contribution in [3.8, 4) is 28.7 Å². The first-order valence-electron chi connectivity index (χ1n) is 10.3. The number of fused-ring (bicyclic) bond motifs is 2. The molecule has 150 valence electrons. The first kappa shape index (κ1) is 17.7. The Bertz CT molecular complexity index is 1280. The number of hydrogen-bond acceptors (Lipinski definition) is 5. The molecule has 0 spiro atoms. The molecular weight excluding hydrogens is 386 g/mol. The molecule has 0 fully saturated rings. The number of hydrogen-bond donors (Lipinski definition) is 0. The van der Waals surface area contributed by atoms with Gasteiger partial charge in [0.2, 0.25) is 11.8 Å². The predicted octanol–water partition coefficient (Wildman–Crippen LogP) is 5.80. The van der Waals surface area contributed by atoms with E-state index in [9.17, 15) is 0 Å². The van der Waals surface area contributed by atoms with E-state index >= 15 is 0 Å². The van der Waals surface area contributed by atoms with E-state index < -0.39 is 0 Å². The van der Waals surface area contributed by atoms with Gasteiger partial charge in [0.25, 0.3) is 0 Å². The molecule has 3 aromatic carbocycles. The van der Waals surface area contributed by atoms with E-state index in [1.807, 2.05) is 66.7 Å². The fourth-order valence-electron chi connectivity index (χ4n) is 4.09. The molecular formula is C26H19N3O2. The van der Waals surface area contributed by atoms with Crippen molar-refractivity contribution >= 4 is 11.4 Å². The molecule has 2 heterocycles. The Morgan fingerprint density at radius 1 is 0.677 bits per heavy atom. The van der Waals surface area contributed by atoms with E-state index in [2.05, 4.69) is 51.5 Å². The highest BCUT2D eigenvalue weighted by Crippen LogP contribution is 2.42. The van der Waals surface area contributed by atoms with Crippen molar-refractivity contribution in [1.82, 2.24) is 10.2 Å². The van der Waals surface area contributed by atoms with Crippen LogP contribution in [0.4, 0.5) is 11.4 Å². The lowest BCUT2D eigenvalue weighted by Crippen LogP contribution is -2.46. The zero-order valence-corrected chi connectivity index (χ0v) is 16.6. The molecule has 6 rings (SSSR count). The maximum absolute atomic E-state index is 6.21. The summed E-state index contributed by atoms with van der Waals surface area (Å²) in [7, 11) is 0. The summed E-state index contributed by atoms with van der Waals surface area (Å²) in [6.07, 6.45) is 8.37. The van der Waals surface area contributed by atoms with Gasteiger partial charge in [0.1, 0.15) is 11.9 Å². The van der Waals surface area contributed by atoms with Crippen molar-refractivity contribution in [3.63, 3.8) is 0 Å². The molecule has 1 aromatic heterocycles. The zero-order chi connectivity index (χ0) is 20.6. The molecule has 0 radical (unpaired) electrons. The highest BCUT2D eigenvalue weighted by atomic mass is 16.5. The van der Waals surface area contributed by atoms with Gasteiger partial charge in [0.05, 0.1) is 11.7 Å². The molecule has 4 aromatic rings. The maximum atomic E-state index is 6.21. The molecule has 0 amide bonds. The Balaban J connectivity index is 1.35. The normalized spacial score (nSPS) is 18.9. The van der Waals surface area contributed by atoms with Crippen LogP contribution < -0.4 is 9.64 Å². The van der Waals surface area contributed by atoms with Gasteiger partial charge >= 0.3 is 0 Å². The van der Waals surface area contributed by atoms with E-state index in [-0.39, 0.29) is 12.1 Å². The second-order valence-corrected chi connectivity index (χ2v) is 7.51. The lowest BCUT2D eigenvalue weighted by Gasteiger charge is -2.42. The number of anilines is 2. The highest BCUT2D eigenvalue weighted by Gasteiger charge is 2.34. The van der Waals surface area contributed by atoms with Crippen LogP contribution in [0, 0.1) is 0 Å². The number of para-hydroxylation sites is 2. The Hall–Kier alpha value is -4.12. The molecule has 5 heteroatoms. The van der Waals surface area contributed by atoms with Gasteiger partial charge in [-0.25, -0.2) is 0 Å². The lowest BCUT2D eigenvalue weighted by molar-refractivity contribution is 0.218. The van der Waals surface area contributed by atoms with E-state index in [0.717, 1.165) is 28.3 Å². The minimum Gasteiger partial charge on any atom is -0.482 e. The summed E-state index contributed by atoms with van der Waals surface area (Å²) in [6.45, 7) is 0. The van der Waals surface area contributed by atoms with Crippen LogP contribution in [-0.4, -0.2) is 22.3 Å². The molecule has 1 aliphatic heterocycles. The maximum Gasteiger partial charge on any atom is 0.248 e. The van der Waals surface area contributed by atoms with Gasteiger partial charge in [0.15, 0.2) is 0 Å². The molecule has 5 nitrogen and oxygen atoms in total. The summed E-state index contributed by atoms with van der Waals surface area (Å²) < 4.78 is 12.1. The topological polar surface area (TPSA) is 51.4 Å². The summed E-state index contributed by atoms with van der Waals surface area (Å²) >= 11 is 0. The van der Waals surface area contributed by atoms with Gasteiger partial charge < -0.3 is 14.1 Å². The first-order chi connectivity index (χ1) is 15.4. The Morgan fingerprint density at radius 2 is 1.35 bits per heavy atom. The van der Waals surface area contributed by atoms with Gasteiger partial charge in [-0.1, -0.05) is 48.6 Å². The molecule has 2 atom stereocenters. The van der Waals surface area contributed by atoms with Gasteiger partial charge in [-0.05, 0) is 54.6 Å². The molecule has 2 aliphatic rings. The van der Waals surface area contributed by atoms with E-state index in [4.69, 9.17) is 9.15 Å². The minimum atomic E-state index is -0.0241. The van der Waals surface area contributed by atoms with E-state index in [1.165, 1.54) is 0 Å². The Labute approximate surface area is 179 Å².